The van der Waals surface area contributed by atoms with Crippen molar-refractivity contribution in [3.63, 3.8) is 0 Å². The number of hydrogen-bond donors (Lipinski definition) is 1. The van der Waals surface area contributed by atoms with Crippen molar-refractivity contribution in [3.05, 3.63) is 69.7 Å². The minimum Gasteiger partial charge on any atom is -0.355 e. The lowest BCUT2D eigenvalue weighted by Gasteiger charge is -2.45. The number of alkyl halides is 1. The van der Waals surface area contributed by atoms with Crippen molar-refractivity contribution in [2.75, 3.05) is 6.54 Å². The molecule has 1 amide bonds. The molecule has 1 aliphatic heterocycles. The van der Waals surface area contributed by atoms with E-state index < -0.39 is 0 Å². The molecule has 4 rings (SSSR count). The summed E-state index contributed by atoms with van der Waals surface area (Å²) in [5.74, 6) is 0.856. The van der Waals surface area contributed by atoms with Gasteiger partial charge in [0.2, 0.25) is 5.91 Å². The standard InChI is InChI=1S/C23H22ClIN2O/c1-23-9-8-18(17-7-4-15(12-26)10-20(17)24)21(19(23)13-27-22(23)28)16-5-2-14(11-25)3-6-16/h2-7,10,18-19,21H,8-9,11,13H2,1H3,(H,27,28)/t18-,19-,21-,23+/m0/s1. The van der Waals surface area contributed by atoms with E-state index in [1.165, 1.54) is 11.1 Å². The van der Waals surface area contributed by atoms with Gasteiger partial charge in [-0.2, -0.15) is 5.26 Å². The minimum atomic E-state index is -0.331. The highest BCUT2D eigenvalue weighted by molar-refractivity contribution is 14.1. The summed E-state index contributed by atoms with van der Waals surface area (Å²) >= 11 is 8.99. The van der Waals surface area contributed by atoms with Crippen LogP contribution in [-0.2, 0) is 9.22 Å². The molecule has 0 radical (unpaired) electrons. The summed E-state index contributed by atoms with van der Waals surface area (Å²) < 4.78 is 0.981. The zero-order valence-corrected chi connectivity index (χ0v) is 18.6. The summed E-state index contributed by atoms with van der Waals surface area (Å²) in [4.78, 5) is 12.6. The number of benzene rings is 2. The van der Waals surface area contributed by atoms with Gasteiger partial charge in [0, 0.05) is 16.0 Å². The fourth-order valence-electron chi connectivity index (χ4n) is 5.08. The van der Waals surface area contributed by atoms with Gasteiger partial charge in [-0.25, -0.2) is 0 Å². The maximum atomic E-state index is 12.6. The number of fused-ring (bicyclic) bond motifs is 1. The van der Waals surface area contributed by atoms with Gasteiger partial charge in [-0.05, 0) is 59.4 Å². The maximum absolute atomic E-state index is 12.6. The Morgan fingerprint density at radius 1 is 1.29 bits per heavy atom. The third-order valence-electron chi connectivity index (χ3n) is 6.71. The van der Waals surface area contributed by atoms with Gasteiger partial charge >= 0.3 is 0 Å². The molecular weight excluding hydrogens is 483 g/mol. The van der Waals surface area contributed by atoms with Crippen molar-refractivity contribution in [1.82, 2.24) is 5.32 Å². The van der Waals surface area contributed by atoms with E-state index in [1.807, 2.05) is 12.1 Å². The Hall–Kier alpha value is -1.58. The number of carbonyl (C=O) groups is 1. The molecule has 0 unspecified atom stereocenters. The fraction of sp³-hybridized carbons (Fsp3) is 0.391. The number of amides is 1. The molecule has 0 aromatic heterocycles. The summed E-state index contributed by atoms with van der Waals surface area (Å²) in [6, 6.07) is 16.6. The van der Waals surface area contributed by atoms with Crippen LogP contribution in [0.4, 0.5) is 0 Å². The van der Waals surface area contributed by atoms with E-state index in [0.717, 1.165) is 22.8 Å². The Kier molecular flexibility index (Phi) is 5.41. The Labute approximate surface area is 184 Å². The summed E-state index contributed by atoms with van der Waals surface area (Å²) in [7, 11) is 0. The summed E-state index contributed by atoms with van der Waals surface area (Å²) in [5.41, 5.74) is 3.91. The highest BCUT2D eigenvalue weighted by Crippen LogP contribution is 2.57. The number of nitriles is 1. The molecule has 4 atom stereocenters. The minimum absolute atomic E-state index is 0.177. The van der Waals surface area contributed by atoms with E-state index >= 15 is 0 Å². The van der Waals surface area contributed by atoms with Gasteiger partial charge in [-0.3, -0.25) is 4.79 Å². The summed E-state index contributed by atoms with van der Waals surface area (Å²) in [6.45, 7) is 2.82. The number of nitrogens with zero attached hydrogens (tertiary/aromatic N) is 1. The van der Waals surface area contributed by atoms with Gasteiger partial charge in [-0.15, -0.1) is 0 Å². The number of hydrogen-bond acceptors (Lipinski definition) is 2. The predicted octanol–water partition coefficient (Wildman–Crippen LogP) is 5.56. The Balaban J connectivity index is 1.80. The molecule has 144 valence electrons. The van der Waals surface area contributed by atoms with Gasteiger partial charge < -0.3 is 5.32 Å². The van der Waals surface area contributed by atoms with Crippen LogP contribution in [-0.4, -0.2) is 12.5 Å². The number of rotatable bonds is 3. The SMILES string of the molecule is C[C@@]12CC[C@@H](c3ccc(C#N)cc3Cl)[C@H](c3ccc(CI)cc3)[C@@H]1CNC2=O. The third-order valence-corrected chi connectivity index (χ3v) is 7.92. The lowest BCUT2D eigenvalue weighted by atomic mass is 9.57. The zero-order valence-electron chi connectivity index (χ0n) is 15.7. The second kappa shape index (κ2) is 7.68. The van der Waals surface area contributed by atoms with Crippen LogP contribution in [0.25, 0.3) is 0 Å². The van der Waals surface area contributed by atoms with Gasteiger partial charge in [0.15, 0.2) is 0 Å². The van der Waals surface area contributed by atoms with Crippen LogP contribution in [0.3, 0.4) is 0 Å². The van der Waals surface area contributed by atoms with Gasteiger partial charge in [0.25, 0.3) is 0 Å². The number of halogens is 2. The second-order valence-electron chi connectivity index (χ2n) is 8.13. The molecular formula is C23H22ClIN2O. The van der Waals surface area contributed by atoms with Gasteiger partial charge in [0.1, 0.15) is 0 Å². The number of carbonyl (C=O) groups excluding carboxylic acids is 1. The molecule has 2 aromatic rings. The van der Waals surface area contributed by atoms with Crippen LogP contribution >= 0.6 is 34.2 Å². The lowest BCUT2D eigenvalue weighted by molar-refractivity contribution is -0.129. The molecule has 2 fully saturated rings. The predicted molar refractivity (Wildman–Crippen MR) is 120 cm³/mol. The van der Waals surface area contributed by atoms with Crippen molar-refractivity contribution in [2.24, 2.45) is 11.3 Å². The maximum Gasteiger partial charge on any atom is 0.226 e. The first-order chi connectivity index (χ1) is 13.5. The van der Waals surface area contributed by atoms with Crippen molar-refractivity contribution >= 4 is 40.1 Å². The van der Waals surface area contributed by atoms with Crippen LogP contribution in [0.1, 0.15) is 53.9 Å². The quantitative estimate of drug-likeness (QED) is 0.439. The molecule has 1 N–H and O–H groups in total. The van der Waals surface area contributed by atoms with Crippen LogP contribution in [0.5, 0.6) is 0 Å². The van der Waals surface area contributed by atoms with Crippen molar-refractivity contribution in [1.29, 1.82) is 5.26 Å². The molecule has 5 heteroatoms. The number of nitrogens with one attached hydrogen (secondary N) is 1. The van der Waals surface area contributed by atoms with Gasteiger partial charge in [0.05, 0.1) is 17.0 Å². The largest absolute Gasteiger partial charge is 0.355 e. The van der Waals surface area contributed by atoms with E-state index in [-0.39, 0.29) is 29.1 Å². The monoisotopic (exact) mass is 504 g/mol. The molecule has 1 saturated heterocycles. The first kappa shape index (κ1) is 19.7. The molecule has 1 aliphatic carbocycles. The molecule has 1 saturated carbocycles. The third kappa shape index (κ3) is 3.23. The van der Waals surface area contributed by atoms with Gasteiger partial charge in [-0.1, -0.05) is 71.4 Å². The normalized spacial score (nSPS) is 29.1. The van der Waals surface area contributed by atoms with E-state index in [9.17, 15) is 10.1 Å². The average Bonchev–Trinajstić information content (AvgIpc) is 3.02. The summed E-state index contributed by atoms with van der Waals surface area (Å²) in [6.07, 6.45) is 1.76. The zero-order chi connectivity index (χ0) is 19.9. The highest BCUT2D eigenvalue weighted by Gasteiger charge is 2.54. The van der Waals surface area contributed by atoms with Crippen molar-refractivity contribution in [3.8, 4) is 6.07 Å². The molecule has 0 bridgehead atoms. The van der Waals surface area contributed by atoms with E-state index in [4.69, 9.17) is 11.6 Å². The molecule has 3 nitrogen and oxygen atoms in total. The van der Waals surface area contributed by atoms with Crippen LogP contribution < -0.4 is 5.32 Å². The second-order valence-corrected chi connectivity index (χ2v) is 9.30. The topological polar surface area (TPSA) is 52.9 Å². The van der Waals surface area contributed by atoms with Crippen molar-refractivity contribution in [2.45, 2.75) is 36.0 Å². The van der Waals surface area contributed by atoms with Crippen LogP contribution in [0, 0.1) is 22.7 Å². The fourth-order valence-corrected chi connectivity index (χ4v) is 5.90. The summed E-state index contributed by atoms with van der Waals surface area (Å²) in [5, 5.41) is 12.9. The lowest BCUT2D eigenvalue weighted by Crippen LogP contribution is -2.41. The first-order valence-electron chi connectivity index (χ1n) is 9.60. The smallest absolute Gasteiger partial charge is 0.226 e. The van der Waals surface area contributed by atoms with E-state index in [0.29, 0.717) is 17.1 Å². The molecule has 1 heterocycles. The highest BCUT2D eigenvalue weighted by atomic mass is 127. The molecule has 28 heavy (non-hydrogen) atoms. The Morgan fingerprint density at radius 2 is 2.04 bits per heavy atom. The first-order valence-corrected chi connectivity index (χ1v) is 11.5. The Morgan fingerprint density at radius 3 is 2.68 bits per heavy atom. The van der Waals surface area contributed by atoms with Crippen LogP contribution in [0.15, 0.2) is 42.5 Å². The average molecular weight is 505 g/mol. The molecule has 2 aromatic carbocycles. The van der Waals surface area contributed by atoms with Crippen molar-refractivity contribution < 1.29 is 4.79 Å². The van der Waals surface area contributed by atoms with Crippen LogP contribution in [0.2, 0.25) is 5.02 Å². The van der Waals surface area contributed by atoms with E-state index in [2.05, 4.69) is 65.2 Å². The molecule has 0 spiro atoms. The van der Waals surface area contributed by atoms with E-state index in [1.54, 1.807) is 6.07 Å². The Bertz CT molecular complexity index is 952. The molecule has 2 aliphatic rings.